The number of aryl methyl sites for hydroxylation is 1. The normalized spacial score (nSPS) is 11.9. The van der Waals surface area contributed by atoms with E-state index in [1.165, 1.54) is 5.56 Å². The quantitative estimate of drug-likeness (QED) is 0.654. The van der Waals surface area contributed by atoms with Crippen molar-refractivity contribution >= 4 is 5.97 Å². The molecule has 0 aliphatic rings. The lowest BCUT2D eigenvalue weighted by Gasteiger charge is -2.14. The first-order valence-electron chi connectivity index (χ1n) is 8.42. The summed E-state index contributed by atoms with van der Waals surface area (Å²) in [7, 11) is 0. The van der Waals surface area contributed by atoms with Crippen LogP contribution in [0.1, 0.15) is 30.9 Å². The third-order valence-electron chi connectivity index (χ3n) is 3.81. The zero-order valence-electron chi connectivity index (χ0n) is 14.1. The number of hydrogen-bond acceptors (Lipinski definition) is 3. The first-order valence-corrected chi connectivity index (χ1v) is 8.42. The fourth-order valence-electron chi connectivity index (χ4n) is 2.50. The fourth-order valence-corrected chi connectivity index (χ4v) is 2.50. The van der Waals surface area contributed by atoms with Crippen molar-refractivity contribution in [2.24, 2.45) is 0 Å². The van der Waals surface area contributed by atoms with E-state index in [9.17, 15) is 4.79 Å². The number of rotatable bonds is 10. The second-order valence-corrected chi connectivity index (χ2v) is 5.77. The van der Waals surface area contributed by atoms with Gasteiger partial charge in [0.2, 0.25) is 0 Å². The molecular weight excluding hydrogens is 302 g/mol. The van der Waals surface area contributed by atoms with Crippen LogP contribution in [0.5, 0.6) is 5.75 Å². The Kier molecular flexibility index (Phi) is 7.30. The van der Waals surface area contributed by atoms with Crippen LogP contribution in [0, 0.1) is 0 Å². The molecule has 0 amide bonds. The van der Waals surface area contributed by atoms with Gasteiger partial charge in [0.25, 0.3) is 0 Å². The molecule has 24 heavy (non-hydrogen) atoms. The highest BCUT2D eigenvalue weighted by Gasteiger charge is 2.16. The second-order valence-electron chi connectivity index (χ2n) is 5.77. The van der Waals surface area contributed by atoms with E-state index in [0.29, 0.717) is 12.2 Å². The topological polar surface area (TPSA) is 58.6 Å². The van der Waals surface area contributed by atoms with Gasteiger partial charge in [-0.1, -0.05) is 49.4 Å². The van der Waals surface area contributed by atoms with Crippen molar-refractivity contribution < 1.29 is 14.6 Å². The van der Waals surface area contributed by atoms with Crippen molar-refractivity contribution in [3.63, 3.8) is 0 Å². The van der Waals surface area contributed by atoms with Crippen LogP contribution in [-0.2, 0) is 17.8 Å². The molecule has 0 aliphatic heterocycles. The zero-order chi connectivity index (χ0) is 17.2. The molecule has 0 saturated heterocycles. The maximum atomic E-state index is 11.0. The van der Waals surface area contributed by atoms with E-state index in [-0.39, 0.29) is 0 Å². The first kappa shape index (κ1) is 18.0. The van der Waals surface area contributed by atoms with Gasteiger partial charge in [0, 0.05) is 6.54 Å². The number of benzene rings is 2. The Balaban J connectivity index is 1.74. The van der Waals surface area contributed by atoms with Crippen LogP contribution < -0.4 is 10.1 Å². The highest BCUT2D eigenvalue weighted by atomic mass is 16.5. The molecule has 0 fully saturated rings. The van der Waals surface area contributed by atoms with E-state index >= 15 is 0 Å². The molecule has 0 radical (unpaired) electrons. The minimum absolute atomic E-state index is 0.442. The van der Waals surface area contributed by atoms with Crippen LogP contribution in [-0.4, -0.2) is 23.7 Å². The van der Waals surface area contributed by atoms with Crippen LogP contribution >= 0.6 is 0 Å². The molecular formula is C20H25NO3. The molecule has 1 unspecified atom stereocenters. The molecule has 0 saturated carbocycles. The molecule has 128 valence electrons. The van der Waals surface area contributed by atoms with E-state index in [1.54, 1.807) is 13.0 Å². The van der Waals surface area contributed by atoms with Crippen LogP contribution in [0.4, 0.5) is 0 Å². The van der Waals surface area contributed by atoms with Crippen LogP contribution in [0.3, 0.4) is 0 Å². The smallest absolute Gasteiger partial charge is 0.344 e. The number of nitrogens with one attached hydrogen (secondary N) is 1. The fraction of sp³-hybridized carbons (Fsp3) is 0.350. The molecule has 2 aromatic carbocycles. The van der Waals surface area contributed by atoms with Gasteiger partial charge in [-0.2, -0.15) is 0 Å². The maximum absolute atomic E-state index is 11.0. The highest BCUT2D eigenvalue weighted by Crippen LogP contribution is 2.16. The SMILES string of the molecule is CCC(Oc1cccc(CNCCCc2ccccc2)c1)C(=O)O. The van der Waals surface area contributed by atoms with Crippen LogP contribution in [0.25, 0.3) is 0 Å². The largest absolute Gasteiger partial charge is 0.479 e. The first-order chi connectivity index (χ1) is 11.7. The predicted molar refractivity (Wildman–Crippen MR) is 95.3 cm³/mol. The van der Waals surface area contributed by atoms with Gasteiger partial charge in [-0.05, 0) is 49.1 Å². The van der Waals surface area contributed by atoms with E-state index in [4.69, 9.17) is 9.84 Å². The number of hydrogen-bond donors (Lipinski definition) is 2. The summed E-state index contributed by atoms with van der Waals surface area (Å²) in [5.41, 5.74) is 2.45. The standard InChI is InChI=1S/C20H25NO3/c1-2-19(20(22)23)24-18-12-6-10-17(14-18)15-21-13-7-11-16-8-4-3-5-9-16/h3-6,8-10,12,14,19,21H,2,7,11,13,15H2,1H3,(H,22,23). The summed E-state index contributed by atoms with van der Waals surface area (Å²) in [6.45, 7) is 3.49. The Morgan fingerprint density at radius 3 is 2.58 bits per heavy atom. The Labute approximate surface area is 143 Å². The van der Waals surface area contributed by atoms with Gasteiger partial charge in [-0.3, -0.25) is 0 Å². The molecule has 0 bridgehead atoms. The molecule has 0 heterocycles. The van der Waals surface area contributed by atoms with E-state index in [1.807, 2.05) is 24.3 Å². The minimum Gasteiger partial charge on any atom is -0.479 e. The summed E-state index contributed by atoms with van der Waals surface area (Å²) < 4.78 is 5.52. The molecule has 0 aromatic heterocycles. The average Bonchev–Trinajstić information content (AvgIpc) is 2.60. The van der Waals surface area contributed by atoms with Crippen LogP contribution in [0.2, 0.25) is 0 Å². The molecule has 4 nitrogen and oxygen atoms in total. The molecule has 2 aromatic rings. The number of ether oxygens (including phenoxy) is 1. The number of aliphatic carboxylic acids is 1. The number of carboxylic acids is 1. The molecule has 1 atom stereocenters. The minimum atomic E-state index is -0.929. The van der Waals surface area contributed by atoms with Gasteiger partial charge >= 0.3 is 5.97 Å². The lowest BCUT2D eigenvalue weighted by Crippen LogP contribution is -2.26. The lowest BCUT2D eigenvalue weighted by atomic mass is 10.1. The van der Waals surface area contributed by atoms with Gasteiger partial charge in [-0.25, -0.2) is 4.79 Å². The average molecular weight is 327 g/mol. The lowest BCUT2D eigenvalue weighted by molar-refractivity contribution is -0.145. The molecule has 0 aliphatic carbocycles. The van der Waals surface area contributed by atoms with Gasteiger partial charge in [-0.15, -0.1) is 0 Å². The van der Waals surface area contributed by atoms with Gasteiger partial charge in [0.1, 0.15) is 5.75 Å². The third kappa shape index (κ3) is 6.05. The predicted octanol–water partition coefficient (Wildman–Crippen LogP) is 3.65. The molecule has 2 N–H and O–H groups in total. The van der Waals surface area contributed by atoms with Gasteiger partial charge in [0.15, 0.2) is 6.10 Å². The van der Waals surface area contributed by atoms with Crippen molar-refractivity contribution in [2.75, 3.05) is 6.54 Å². The number of carbonyl (C=O) groups is 1. The van der Waals surface area contributed by atoms with Crippen molar-refractivity contribution in [2.45, 2.75) is 38.8 Å². The van der Waals surface area contributed by atoms with Crippen LogP contribution in [0.15, 0.2) is 54.6 Å². The highest BCUT2D eigenvalue weighted by molar-refractivity contribution is 5.72. The van der Waals surface area contributed by atoms with Gasteiger partial charge < -0.3 is 15.2 Å². The van der Waals surface area contributed by atoms with Crippen molar-refractivity contribution in [1.29, 1.82) is 0 Å². The van der Waals surface area contributed by atoms with Gasteiger partial charge in [0.05, 0.1) is 0 Å². The Bertz CT molecular complexity index is 628. The van der Waals surface area contributed by atoms with Crippen molar-refractivity contribution in [3.8, 4) is 5.75 Å². The summed E-state index contributed by atoms with van der Waals surface area (Å²) >= 11 is 0. The molecule has 4 heteroatoms. The molecule has 0 spiro atoms. The summed E-state index contributed by atoms with van der Waals surface area (Å²) in [5.74, 6) is -0.324. The van der Waals surface area contributed by atoms with Crippen molar-refractivity contribution in [1.82, 2.24) is 5.32 Å². The Morgan fingerprint density at radius 2 is 1.88 bits per heavy atom. The summed E-state index contributed by atoms with van der Waals surface area (Å²) in [5, 5.41) is 12.5. The third-order valence-corrected chi connectivity index (χ3v) is 3.81. The molecule has 2 rings (SSSR count). The summed E-state index contributed by atoms with van der Waals surface area (Å²) in [6.07, 6.45) is 1.79. The Hall–Kier alpha value is -2.33. The summed E-state index contributed by atoms with van der Waals surface area (Å²) in [4.78, 5) is 11.0. The monoisotopic (exact) mass is 327 g/mol. The van der Waals surface area contributed by atoms with E-state index in [0.717, 1.165) is 31.5 Å². The Morgan fingerprint density at radius 1 is 1.12 bits per heavy atom. The van der Waals surface area contributed by atoms with E-state index in [2.05, 4.69) is 29.6 Å². The number of carboxylic acid groups (broad SMARTS) is 1. The van der Waals surface area contributed by atoms with E-state index < -0.39 is 12.1 Å². The summed E-state index contributed by atoms with van der Waals surface area (Å²) in [6, 6.07) is 18.1. The maximum Gasteiger partial charge on any atom is 0.344 e. The second kappa shape index (κ2) is 9.73. The zero-order valence-corrected chi connectivity index (χ0v) is 14.1. The van der Waals surface area contributed by atoms with Crippen molar-refractivity contribution in [3.05, 3.63) is 65.7 Å².